The van der Waals surface area contributed by atoms with E-state index in [-0.39, 0.29) is 24.2 Å². The molecule has 0 aromatic carbocycles. The van der Waals surface area contributed by atoms with Crippen LogP contribution >= 0.6 is 0 Å². The quantitative estimate of drug-likeness (QED) is 0.590. The zero-order chi connectivity index (χ0) is 20.8. The third-order valence-corrected chi connectivity index (χ3v) is 4.67. The minimum Gasteiger partial charge on any atom is -0.461 e. The maximum absolute atomic E-state index is 12.5. The Hall–Kier alpha value is -2.78. The second-order valence-corrected chi connectivity index (χ2v) is 7.26. The third-order valence-electron chi connectivity index (χ3n) is 4.67. The van der Waals surface area contributed by atoms with Gasteiger partial charge in [-0.05, 0) is 45.1 Å². The highest BCUT2D eigenvalue weighted by molar-refractivity contribution is 6.01. The van der Waals surface area contributed by atoms with Gasteiger partial charge in [-0.15, -0.1) is 0 Å². The normalized spacial score (nSPS) is 13.2. The van der Waals surface area contributed by atoms with E-state index >= 15 is 0 Å². The lowest BCUT2D eigenvalue weighted by atomic mass is 10.2. The number of methoxy groups -OCH3 is 1. The van der Waals surface area contributed by atoms with Crippen LogP contribution in [0.15, 0.2) is 18.3 Å². The van der Waals surface area contributed by atoms with Crippen molar-refractivity contribution in [1.29, 1.82) is 0 Å². The molecule has 0 fully saturated rings. The number of aryl methyl sites for hydroxylation is 1. The standard InChI is InChI=1S/C20H28N6O3/c1-25(2)8-4-5-15-7-6-14(12-22-15)13-26-17(27)11-16-18(21)23-20(24-19(16)26)29-10-9-28-3/h6-7,12H,4-5,8-11,13H2,1-3H3,(H2,21,23,24). The average molecular weight is 400 g/mol. The number of fused-ring (bicyclic) bond motifs is 1. The molecule has 29 heavy (non-hydrogen) atoms. The molecule has 3 heterocycles. The lowest BCUT2D eigenvalue weighted by Gasteiger charge is -2.17. The van der Waals surface area contributed by atoms with Crippen molar-refractivity contribution < 1.29 is 14.3 Å². The molecule has 0 atom stereocenters. The Morgan fingerprint density at radius 2 is 2.07 bits per heavy atom. The van der Waals surface area contributed by atoms with Crippen molar-refractivity contribution in [2.75, 3.05) is 51.6 Å². The average Bonchev–Trinajstić information content (AvgIpc) is 2.99. The molecule has 0 saturated carbocycles. The molecule has 0 bridgehead atoms. The van der Waals surface area contributed by atoms with Crippen LogP contribution in [0.3, 0.4) is 0 Å². The predicted octanol–water partition coefficient (Wildman–Crippen LogP) is 1.06. The van der Waals surface area contributed by atoms with E-state index < -0.39 is 0 Å². The van der Waals surface area contributed by atoms with Crippen LogP contribution in [0.1, 0.15) is 23.2 Å². The minimum absolute atomic E-state index is 0.0647. The summed E-state index contributed by atoms with van der Waals surface area (Å²) in [5.74, 6) is 0.711. The fourth-order valence-corrected chi connectivity index (χ4v) is 3.13. The molecule has 1 aliphatic heterocycles. The number of hydrogen-bond donors (Lipinski definition) is 1. The summed E-state index contributed by atoms with van der Waals surface area (Å²) in [4.78, 5) is 29.4. The first-order valence-electron chi connectivity index (χ1n) is 9.65. The second-order valence-electron chi connectivity index (χ2n) is 7.26. The van der Waals surface area contributed by atoms with Crippen LogP contribution in [0.25, 0.3) is 0 Å². The number of carbonyl (C=O) groups is 1. The van der Waals surface area contributed by atoms with Crippen molar-refractivity contribution in [2.45, 2.75) is 25.8 Å². The SMILES string of the molecule is COCCOc1nc(N)c2c(n1)N(Cc1ccc(CCCN(C)C)nc1)C(=O)C2. The van der Waals surface area contributed by atoms with Gasteiger partial charge in [0.05, 0.1) is 19.6 Å². The molecule has 2 aromatic rings. The highest BCUT2D eigenvalue weighted by atomic mass is 16.5. The van der Waals surface area contributed by atoms with E-state index in [0.717, 1.165) is 30.6 Å². The molecule has 2 N–H and O–H groups in total. The van der Waals surface area contributed by atoms with Gasteiger partial charge in [0.15, 0.2) is 0 Å². The third kappa shape index (κ3) is 5.39. The first-order valence-corrected chi connectivity index (χ1v) is 9.65. The fraction of sp³-hybridized carbons (Fsp3) is 0.500. The smallest absolute Gasteiger partial charge is 0.320 e. The van der Waals surface area contributed by atoms with Crippen LogP contribution in [-0.4, -0.2) is 66.7 Å². The number of rotatable bonds is 10. The van der Waals surface area contributed by atoms with E-state index in [1.54, 1.807) is 12.0 Å². The van der Waals surface area contributed by atoms with Crippen molar-refractivity contribution in [1.82, 2.24) is 19.9 Å². The van der Waals surface area contributed by atoms with Gasteiger partial charge in [0.1, 0.15) is 18.2 Å². The summed E-state index contributed by atoms with van der Waals surface area (Å²) >= 11 is 0. The molecule has 0 saturated heterocycles. The number of anilines is 2. The van der Waals surface area contributed by atoms with Gasteiger partial charge < -0.3 is 20.1 Å². The number of nitrogens with zero attached hydrogens (tertiary/aromatic N) is 5. The molecule has 156 valence electrons. The van der Waals surface area contributed by atoms with Crippen molar-refractivity contribution in [3.63, 3.8) is 0 Å². The van der Waals surface area contributed by atoms with Gasteiger partial charge in [-0.25, -0.2) is 0 Å². The first kappa shape index (κ1) is 20.9. The largest absolute Gasteiger partial charge is 0.461 e. The number of carbonyl (C=O) groups excluding carboxylic acids is 1. The van der Waals surface area contributed by atoms with Crippen LogP contribution in [-0.2, 0) is 28.9 Å². The highest BCUT2D eigenvalue weighted by Crippen LogP contribution is 2.33. The Morgan fingerprint density at radius 1 is 1.24 bits per heavy atom. The molecular formula is C20H28N6O3. The summed E-state index contributed by atoms with van der Waals surface area (Å²) in [6, 6.07) is 4.16. The maximum atomic E-state index is 12.5. The van der Waals surface area contributed by atoms with Gasteiger partial charge >= 0.3 is 6.01 Å². The van der Waals surface area contributed by atoms with Crippen LogP contribution in [0, 0.1) is 0 Å². The second kappa shape index (κ2) is 9.62. The van der Waals surface area contributed by atoms with Crippen LogP contribution in [0.4, 0.5) is 11.6 Å². The molecule has 0 spiro atoms. The van der Waals surface area contributed by atoms with Crippen molar-refractivity contribution in [3.8, 4) is 6.01 Å². The van der Waals surface area contributed by atoms with E-state index in [1.165, 1.54) is 0 Å². The van der Waals surface area contributed by atoms with Gasteiger partial charge in [-0.2, -0.15) is 9.97 Å². The van der Waals surface area contributed by atoms with E-state index in [9.17, 15) is 4.79 Å². The summed E-state index contributed by atoms with van der Waals surface area (Å²) < 4.78 is 10.4. The summed E-state index contributed by atoms with van der Waals surface area (Å²) in [5.41, 5.74) is 8.64. The van der Waals surface area contributed by atoms with Gasteiger partial charge in [0.2, 0.25) is 5.91 Å². The molecule has 2 aromatic heterocycles. The molecule has 9 heteroatoms. The molecule has 0 radical (unpaired) electrons. The molecule has 0 unspecified atom stereocenters. The minimum atomic E-state index is -0.0647. The lowest BCUT2D eigenvalue weighted by Crippen LogP contribution is -2.27. The van der Waals surface area contributed by atoms with Crippen molar-refractivity contribution in [2.24, 2.45) is 0 Å². The highest BCUT2D eigenvalue weighted by Gasteiger charge is 2.32. The fourth-order valence-electron chi connectivity index (χ4n) is 3.13. The predicted molar refractivity (Wildman–Crippen MR) is 110 cm³/mol. The molecule has 3 rings (SSSR count). The lowest BCUT2D eigenvalue weighted by molar-refractivity contribution is -0.117. The first-order chi connectivity index (χ1) is 14.0. The molecule has 9 nitrogen and oxygen atoms in total. The molecule has 1 amide bonds. The van der Waals surface area contributed by atoms with Gasteiger partial charge in [0, 0.05) is 24.6 Å². The number of nitrogens with two attached hydrogens (primary N) is 1. The van der Waals surface area contributed by atoms with E-state index in [1.807, 2.05) is 18.3 Å². The van der Waals surface area contributed by atoms with Crippen LogP contribution in [0.5, 0.6) is 6.01 Å². The molecular weight excluding hydrogens is 372 g/mol. The number of amides is 1. The Labute approximate surface area is 170 Å². The van der Waals surface area contributed by atoms with E-state index in [2.05, 4.69) is 33.9 Å². The van der Waals surface area contributed by atoms with Gasteiger partial charge in [-0.3, -0.25) is 14.7 Å². The number of ether oxygens (including phenoxy) is 2. The number of aromatic nitrogens is 3. The van der Waals surface area contributed by atoms with Crippen molar-refractivity contribution >= 4 is 17.5 Å². The Balaban J connectivity index is 1.69. The molecule has 1 aliphatic rings. The number of pyridine rings is 1. The van der Waals surface area contributed by atoms with Gasteiger partial charge in [-0.1, -0.05) is 6.07 Å². The maximum Gasteiger partial charge on any atom is 0.320 e. The Bertz CT molecular complexity index is 841. The monoisotopic (exact) mass is 400 g/mol. The topological polar surface area (TPSA) is 107 Å². The van der Waals surface area contributed by atoms with Crippen molar-refractivity contribution in [3.05, 3.63) is 35.2 Å². The van der Waals surface area contributed by atoms with Crippen LogP contribution < -0.4 is 15.4 Å². The summed E-state index contributed by atoms with van der Waals surface area (Å²) in [7, 11) is 5.71. The van der Waals surface area contributed by atoms with E-state index in [4.69, 9.17) is 15.2 Å². The summed E-state index contributed by atoms with van der Waals surface area (Å²) in [5, 5.41) is 0. The number of nitrogen functional groups attached to an aromatic ring is 1. The molecule has 0 aliphatic carbocycles. The number of hydrogen-bond acceptors (Lipinski definition) is 8. The van der Waals surface area contributed by atoms with Gasteiger partial charge in [0.25, 0.3) is 0 Å². The summed E-state index contributed by atoms with van der Waals surface area (Å²) in [6.07, 6.45) is 3.99. The zero-order valence-electron chi connectivity index (χ0n) is 17.2. The Kier molecular flexibility index (Phi) is 6.95. The van der Waals surface area contributed by atoms with E-state index in [0.29, 0.717) is 31.1 Å². The van der Waals surface area contributed by atoms with Crippen LogP contribution in [0.2, 0.25) is 0 Å². The summed E-state index contributed by atoms with van der Waals surface area (Å²) in [6.45, 7) is 2.13. The zero-order valence-corrected chi connectivity index (χ0v) is 17.2. The Morgan fingerprint density at radius 3 is 2.76 bits per heavy atom.